The third-order valence-corrected chi connectivity index (χ3v) is 5.90. The number of rotatable bonds is 2. The lowest BCUT2D eigenvalue weighted by Crippen LogP contribution is -2.52. The lowest BCUT2D eigenvalue weighted by atomic mass is 10.2. The number of nitrogens with one attached hydrogen (secondary N) is 1. The molecule has 4 nitrogen and oxygen atoms in total. The van der Waals surface area contributed by atoms with Crippen LogP contribution in [0.4, 0.5) is 0 Å². The van der Waals surface area contributed by atoms with E-state index in [0.29, 0.717) is 5.69 Å². The van der Waals surface area contributed by atoms with Crippen molar-refractivity contribution in [3.8, 4) is 9.88 Å². The van der Waals surface area contributed by atoms with Crippen LogP contribution >= 0.6 is 51.0 Å². The molecule has 1 saturated heterocycles. The fourth-order valence-electron chi connectivity index (χ4n) is 2.20. The van der Waals surface area contributed by atoms with Crippen molar-refractivity contribution in [3.05, 3.63) is 27.0 Å². The summed E-state index contributed by atoms with van der Waals surface area (Å²) >= 11 is 6.61. The number of thiophene rings is 1. The molecule has 0 radical (unpaired) electrons. The highest BCUT2D eigenvalue weighted by atomic mass is 79.9. The zero-order valence-electron chi connectivity index (χ0n) is 11.3. The van der Waals surface area contributed by atoms with Gasteiger partial charge in [-0.3, -0.25) is 4.79 Å². The third-order valence-electron chi connectivity index (χ3n) is 3.27. The first kappa shape index (κ1) is 16.9. The molecular weight excluding hydrogens is 394 g/mol. The SMILES string of the molecule is C[C@H]1CNCCN1C(=O)c1csc(-c2ccc(Br)s2)n1.Cl. The molecule has 1 aliphatic heterocycles. The monoisotopic (exact) mass is 407 g/mol. The largest absolute Gasteiger partial charge is 0.332 e. The van der Waals surface area contributed by atoms with E-state index < -0.39 is 0 Å². The second-order valence-corrected chi connectivity index (χ2v) is 8.01. The summed E-state index contributed by atoms with van der Waals surface area (Å²) in [6, 6.07) is 4.24. The van der Waals surface area contributed by atoms with Gasteiger partial charge in [-0.1, -0.05) is 0 Å². The van der Waals surface area contributed by atoms with E-state index in [1.54, 1.807) is 11.3 Å². The van der Waals surface area contributed by atoms with Crippen LogP contribution in [-0.2, 0) is 0 Å². The molecule has 1 amide bonds. The number of piperazine rings is 1. The van der Waals surface area contributed by atoms with Gasteiger partial charge in [-0.2, -0.15) is 0 Å². The summed E-state index contributed by atoms with van der Waals surface area (Å²) < 4.78 is 1.08. The maximum atomic E-state index is 12.5. The Hall–Kier alpha value is -0.470. The summed E-state index contributed by atoms with van der Waals surface area (Å²) in [6.07, 6.45) is 0. The molecule has 1 aliphatic rings. The average Bonchev–Trinajstić information content (AvgIpc) is 3.07. The molecule has 8 heteroatoms. The van der Waals surface area contributed by atoms with Gasteiger partial charge in [0.05, 0.1) is 8.66 Å². The van der Waals surface area contributed by atoms with Crippen molar-refractivity contribution >= 4 is 56.9 Å². The number of hydrogen-bond acceptors (Lipinski definition) is 5. The van der Waals surface area contributed by atoms with E-state index in [0.717, 1.165) is 33.3 Å². The van der Waals surface area contributed by atoms with E-state index >= 15 is 0 Å². The Balaban J connectivity index is 0.00000161. The van der Waals surface area contributed by atoms with Gasteiger partial charge in [0, 0.05) is 31.1 Å². The highest BCUT2D eigenvalue weighted by molar-refractivity contribution is 9.11. The van der Waals surface area contributed by atoms with Crippen LogP contribution in [0.5, 0.6) is 0 Å². The van der Waals surface area contributed by atoms with Gasteiger partial charge >= 0.3 is 0 Å². The minimum absolute atomic E-state index is 0. The maximum Gasteiger partial charge on any atom is 0.273 e. The summed E-state index contributed by atoms with van der Waals surface area (Å²) in [5, 5.41) is 6.06. The first-order valence-corrected chi connectivity index (χ1v) is 8.87. The van der Waals surface area contributed by atoms with Crippen molar-refractivity contribution in [1.82, 2.24) is 15.2 Å². The number of amides is 1. The van der Waals surface area contributed by atoms with Crippen molar-refractivity contribution < 1.29 is 4.79 Å². The van der Waals surface area contributed by atoms with Crippen LogP contribution in [0.15, 0.2) is 21.3 Å². The molecular formula is C13H15BrClN3OS2. The minimum atomic E-state index is 0. The van der Waals surface area contributed by atoms with Gasteiger partial charge in [0.25, 0.3) is 5.91 Å². The molecule has 0 unspecified atom stereocenters. The summed E-state index contributed by atoms with van der Waals surface area (Å²) in [4.78, 5) is 20.0. The zero-order chi connectivity index (χ0) is 14.1. The van der Waals surface area contributed by atoms with Crippen LogP contribution in [0.25, 0.3) is 9.88 Å². The van der Waals surface area contributed by atoms with Gasteiger partial charge in [0.2, 0.25) is 0 Å². The highest BCUT2D eigenvalue weighted by Gasteiger charge is 2.25. The van der Waals surface area contributed by atoms with Gasteiger partial charge < -0.3 is 10.2 Å². The topological polar surface area (TPSA) is 45.2 Å². The number of carbonyl (C=O) groups excluding carboxylic acids is 1. The quantitative estimate of drug-likeness (QED) is 0.827. The number of thiazole rings is 1. The fraction of sp³-hybridized carbons (Fsp3) is 0.385. The van der Waals surface area contributed by atoms with Gasteiger partial charge in [-0.05, 0) is 35.0 Å². The maximum absolute atomic E-state index is 12.5. The Labute approximate surface area is 146 Å². The minimum Gasteiger partial charge on any atom is -0.332 e. The molecule has 114 valence electrons. The van der Waals surface area contributed by atoms with E-state index in [4.69, 9.17) is 0 Å². The Bertz CT molecular complexity index is 630. The molecule has 0 bridgehead atoms. The Morgan fingerprint density at radius 3 is 3.00 bits per heavy atom. The normalized spacial score (nSPS) is 18.4. The van der Waals surface area contributed by atoms with Crippen LogP contribution in [0.2, 0.25) is 0 Å². The molecule has 0 spiro atoms. The summed E-state index contributed by atoms with van der Waals surface area (Å²) in [5.41, 5.74) is 0.559. The molecule has 0 saturated carbocycles. The number of nitrogens with zero attached hydrogens (tertiary/aromatic N) is 2. The third kappa shape index (κ3) is 3.65. The Morgan fingerprint density at radius 1 is 1.52 bits per heavy atom. The zero-order valence-corrected chi connectivity index (χ0v) is 15.4. The van der Waals surface area contributed by atoms with Gasteiger partial charge in [0.1, 0.15) is 10.7 Å². The lowest BCUT2D eigenvalue weighted by molar-refractivity contribution is 0.0650. The van der Waals surface area contributed by atoms with Crippen molar-refractivity contribution in [2.45, 2.75) is 13.0 Å². The van der Waals surface area contributed by atoms with Crippen LogP contribution in [0, 0.1) is 0 Å². The van der Waals surface area contributed by atoms with Crippen LogP contribution in [0.1, 0.15) is 17.4 Å². The second kappa shape index (κ2) is 7.19. The molecule has 2 aromatic heterocycles. The summed E-state index contributed by atoms with van der Waals surface area (Å²) in [5.74, 6) is 0.0390. The van der Waals surface area contributed by atoms with Crippen molar-refractivity contribution in [1.29, 1.82) is 0 Å². The molecule has 1 fully saturated rings. The summed E-state index contributed by atoms with van der Waals surface area (Å²) in [7, 11) is 0. The van der Waals surface area contributed by atoms with Crippen molar-refractivity contribution in [2.24, 2.45) is 0 Å². The first-order valence-electron chi connectivity index (χ1n) is 6.38. The number of carbonyl (C=O) groups is 1. The van der Waals surface area contributed by atoms with Crippen LogP contribution in [0.3, 0.4) is 0 Å². The van der Waals surface area contributed by atoms with E-state index in [-0.39, 0.29) is 24.4 Å². The molecule has 0 aromatic carbocycles. The predicted molar refractivity (Wildman–Crippen MR) is 93.7 cm³/mol. The van der Waals surface area contributed by atoms with E-state index in [9.17, 15) is 4.79 Å². The van der Waals surface area contributed by atoms with E-state index in [1.807, 2.05) is 22.4 Å². The van der Waals surface area contributed by atoms with Gasteiger partial charge in [-0.25, -0.2) is 4.98 Å². The number of halogens is 2. The molecule has 21 heavy (non-hydrogen) atoms. The van der Waals surface area contributed by atoms with E-state index in [1.165, 1.54) is 11.3 Å². The van der Waals surface area contributed by atoms with E-state index in [2.05, 4.69) is 33.2 Å². The Kier molecular flexibility index (Phi) is 5.79. The molecule has 2 aromatic rings. The predicted octanol–water partition coefficient (Wildman–Crippen LogP) is 3.49. The second-order valence-electron chi connectivity index (χ2n) is 4.69. The van der Waals surface area contributed by atoms with Gasteiger partial charge in [-0.15, -0.1) is 35.1 Å². The molecule has 3 heterocycles. The van der Waals surface area contributed by atoms with Crippen LogP contribution < -0.4 is 5.32 Å². The van der Waals surface area contributed by atoms with Crippen molar-refractivity contribution in [3.63, 3.8) is 0 Å². The molecule has 1 N–H and O–H groups in total. The number of hydrogen-bond donors (Lipinski definition) is 1. The molecule has 3 rings (SSSR count). The lowest BCUT2D eigenvalue weighted by Gasteiger charge is -2.33. The fourth-order valence-corrected chi connectivity index (χ4v) is 4.46. The smallest absolute Gasteiger partial charge is 0.273 e. The van der Waals surface area contributed by atoms with Gasteiger partial charge in [0.15, 0.2) is 0 Å². The summed E-state index contributed by atoms with van der Waals surface area (Å²) in [6.45, 7) is 4.51. The average molecular weight is 409 g/mol. The standard InChI is InChI=1S/C13H14BrN3OS2.ClH/c1-8-6-15-4-5-17(8)13(18)9-7-19-12(16-9)10-2-3-11(14)20-10;/h2-3,7-8,15H,4-6H2,1H3;1H/t8-;/m0./s1. The molecule has 0 aliphatic carbocycles. The van der Waals surface area contributed by atoms with Crippen LogP contribution in [-0.4, -0.2) is 41.5 Å². The number of aromatic nitrogens is 1. The highest BCUT2D eigenvalue weighted by Crippen LogP contribution is 2.33. The molecule has 1 atom stereocenters. The Morgan fingerprint density at radius 2 is 2.33 bits per heavy atom. The van der Waals surface area contributed by atoms with Crippen molar-refractivity contribution in [2.75, 3.05) is 19.6 Å². The first-order chi connectivity index (χ1) is 9.65.